The number of nitrogens with one attached hydrogen (secondary N) is 2. The summed E-state index contributed by atoms with van der Waals surface area (Å²) in [6, 6.07) is 11.2. The normalized spacial score (nSPS) is 14.3. The summed E-state index contributed by atoms with van der Waals surface area (Å²) in [5, 5.41) is 2.93. The third kappa shape index (κ3) is 4.11. The summed E-state index contributed by atoms with van der Waals surface area (Å²) in [4.78, 5) is 14.0. The smallest absolute Gasteiger partial charge is 0.321 e. The summed E-state index contributed by atoms with van der Waals surface area (Å²) in [6.07, 6.45) is 1.96. The van der Waals surface area contributed by atoms with Gasteiger partial charge in [-0.15, -0.1) is 0 Å². The van der Waals surface area contributed by atoms with Crippen LogP contribution in [0.2, 0.25) is 5.02 Å². The number of para-hydroxylation sites is 2. The molecule has 26 heavy (non-hydrogen) atoms. The van der Waals surface area contributed by atoms with Crippen LogP contribution in [-0.4, -0.2) is 32.4 Å². The number of amides is 2. The van der Waals surface area contributed by atoms with E-state index in [2.05, 4.69) is 10.0 Å². The third-order valence-electron chi connectivity index (χ3n) is 4.18. The molecule has 138 valence electrons. The van der Waals surface area contributed by atoms with Gasteiger partial charge in [0, 0.05) is 13.1 Å². The van der Waals surface area contributed by atoms with Gasteiger partial charge in [0.05, 0.1) is 16.4 Å². The lowest BCUT2D eigenvalue weighted by molar-refractivity contribution is 0.222. The van der Waals surface area contributed by atoms with E-state index in [1.807, 2.05) is 6.92 Å². The maximum Gasteiger partial charge on any atom is 0.321 e. The number of aryl methyl sites for hydroxylation is 1. The fourth-order valence-electron chi connectivity index (χ4n) is 2.82. The Bertz CT molecular complexity index is 925. The van der Waals surface area contributed by atoms with Crippen molar-refractivity contribution in [2.75, 3.05) is 23.1 Å². The predicted molar refractivity (Wildman–Crippen MR) is 103 cm³/mol. The van der Waals surface area contributed by atoms with Crippen LogP contribution in [0.4, 0.5) is 16.2 Å². The summed E-state index contributed by atoms with van der Waals surface area (Å²) in [5.74, 6) is 0. The first kappa shape index (κ1) is 18.5. The molecule has 1 heterocycles. The minimum Gasteiger partial charge on any atom is -0.325 e. The highest BCUT2D eigenvalue weighted by Crippen LogP contribution is 2.28. The van der Waals surface area contributed by atoms with Crippen molar-refractivity contribution in [3.05, 3.63) is 53.1 Å². The lowest BCUT2D eigenvalue weighted by atomic mass is 10.2. The van der Waals surface area contributed by atoms with Crippen molar-refractivity contribution in [1.82, 2.24) is 4.90 Å². The fraction of sp³-hybridized carbons (Fsp3) is 0.278. The highest BCUT2D eigenvalue weighted by atomic mass is 35.5. The van der Waals surface area contributed by atoms with Crippen LogP contribution in [0, 0.1) is 6.92 Å². The lowest BCUT2D eigenvalue weighted by Crippen LogP contribution is -2.32. The van der Waals surface area contributed by atoms with E-state index >= 15 is 0 Å². The van der Waals surface area contributed by atoms with Gasteiger partial charge in [-0.1, -0.05) is 29.8 Å². The molecule has 1 aliphatic heterocycles. The average Bonchev–Trinajstić information content (AvgIpc) is 3.10. The van der Waals surface area contributed by atoms with Gasteiger partial charge in [-0.25, -0.2) is 13.2 Å². The number of likely N-dealkylation sites (tertiary alicyclic amines) is 1. The van der Waals surface area contributed by atoms with Gasteiger partial charge in [-0.05, 0) is 49.6 Å². The Balaban J connectivity index is 1.84. The first-order chi connectivity index (χ1) is 12.4. The van der Waals surface area contributed by atoms with Crippen molar-refractivity contribution in [2.24, 2.45) is 0 Å². The molecule has 0 atom stereocenters. The van der Waals surface area contributed by atoms with Crippen molar-refractivity contribution >= 4 is 39.0 Å². The maximum absolute atomic E-state index is 12.7. The van der Waals surface area contributed by atoms with Crippen LogP contribution in [0.1, 0.15) is 18.4 Å². The molecule has 1 aliphatic rings. The SMILES string of the molecule is Cc1ccc(S(=O)(=O)Nc2ccccc2NC(=O)N2CCCC2)c(Cl)c1. The fourth-order valence-corrected chi connectivity index (χ4v) is 4.50. The second kappa shape index (κ2) is 7.55. The highest BCUT2D eigenvalue weighted by molar-refractivity contribution is 7.92. The van der Waals surface area contributed by atoms with Crippen molar-refractivity contribution in [1.29, 1.82) is 0 Å². The van der Waals surface area contributed by atoms with Gasteiger partial charge in [-0.3, -0.25) is 4.72 Å². The van der Waals surface area contributed by atoms with Gasteiger partial charge in [0.15, 0.2) is 0 Å². The number of carbonyl (C=O) groups is 1. The monoisotopic (exact) mass is 393 g/mol. The number of hydrogen-bond donors (Lipinski definition) is 2. The van der Waals surface area contributed by atoms with Crippen LogP contribution in [0.3, 0.4) is 0 Å². The van der Waals surface area contributed by atoms with Crippen molar-refractivity contribution in [2.45, 2.75) is 24.7 Å². The molecule has 0 spiro atoms. The van der Waals surface area contributed by atoms with E-state index in [0.29, 0.717) is 18.8 Å². The summed E-state index contributed by atoms with van der Waals surface area (Å²) in [5.41, 5.74) is 1.56. The Morgan fingerprint density at radius 3 is 2.38 bits per heavy atom. The summed E-state index contributed by atoms with van der Waals surface area (Å²) < 4.78 is 27.9. The minimum absolute atomic E-state index is 0.00885. The largest absolute Gasteiger partial charge is 0.325 e. The average molecular weight is 394 g/mol. The lowest BCUT2D eigenvalue weighted by Gasteiger charge is -2.18. The summed E-state index contributed by atoms with van der Waals surface area (Å²) in [7, 11) is -3.88. The van der Waals surface area contributed by atoms with Gasteiger partial charge in [0.25, 0.3) is 10.0 Å². The number of halogens is 1. The van der Waals surface area contributed by atoms with Gasteiger partial charge in [0.2, 0.25) is 0 Å². The molecule has 1 saturated heterocycles. The maximum atomic E-state index is 12.7. The van der Waals surface area contributed by atoms with Crippen LogP contribution in [0.25, 0.3) is 0 Å². The number of hydrogen-bond acceptors (Lipinski definition) is 3. The zero-order valence-corrected chi connectivity index (χ0v) is 15.9. The number of nitrogens with zero attached hydrogens (tertiary/aromatic N) is 1. The summed E-state index contributed by atoms with van der Waals surface area (Å²) in [6.45, 7) is 3.25. The molecule has 0 bridgehead atoms. The molecule has 0 saturated carbocycles. The zero-order valence-electron chi connectivity index (χ0n) is 14.3. The Hall–Kier alpha value is -2.25. The molecule has 0 unspecified atom stereocenters. The van der Waals surface area contributed by atoms with Gasteiger partial charge in [-0.2, -0.15) is 0 Å². The predicted octanol–water partition coefficient (Wildman–Crippen LogP) is 4.08. The molecular weight excluding hydrogens is 374 g/mol. The molecular formula is C18H20ClN3O3S. The van der Waals surface area contributed by atoms with Crippen LogP contribution in [-0.2, 0) is 10.0 Å². The van der Waals surface area contributed by atoms with Gasteiger partial charge >= 0.3 is 6.03 Å². The van der Waals surface area contributed by atoms with Crippen molar-refractivity contribution < 1.29 is 13.2 Å². The highest BCUT2D eigenvalue weighted by Gasteiger charge is 2.22. The van der Waals surface area contributed by atoms with E-state index in [0.717, 1.165) is 18.4 Å². The minimum atomic E-state index is -3.88. The molecule has 1 fully saturated rings. The van der Waals surface area contributed by atoms with Gasteiger partial charge in [0.1, 0.15) is 4.90 Å². The Morgan fingerprint density at radius 2 is 1.73 bits per heavy atom. The molecule has 0 aliphatic carbocycles. The third-order valence-corrected chi connectivity index (χ3v) is 6.03. The molecule has 6 nitrogen and oxygen atoms in total. The van der Waals surface area contributed by atoms with E-state index in [9.17, 15) is 13.2 Å². The molecule has 2 amide bonds. The molecule has 0 aromatic heterocycles. The molecule has 3 rings (SSSR count). The second-order valence-electron chi connectivity index (χ2n) is 6.21. The van der Waals surface area contributed by atoms with E-state index in [1.54, 1.807) is 41.3 Å². The molecule has 2 N–H and O–H groups in total. The first-order valence-electron chi connectivity index (χ1n) is 8.31. The van der Waals surface area contributed by atoms with E-state index < -0.39 is 10.0 Å². The topological polar surface area (TPSA) is 78.5 Å². The van der Waals surface area contributed by atoms with Crippen LogP contribution >= 0.6 is 11.6 Å². The number of urea groups is 1. The molecule has 8 heteroatoms. The summed E-state index contributed by atoms with van der Waals surface area (Å²) >= 11 is 6.09. The van der Waals surface area contributed by atoms with Crippen LogP contribution in [0.15, 0.2) is 47.4 Å². The van der Waals surface area contributed by atoms with E-state index in [4.69, 9.17) is 11.6 Å². The molecule has 2 aromatic carbocycles. The quantitative estimate of drug-likeness (QED) is 0.821. The van der Waals surface area contributed by atoms with Crippen molar-refractivity contribution in [3.8, 4) is 0 Å². The van der Waals surface area contributed by atoms with Gasteiger partial charge < -0.3 is 10.2 Å². The number of benzene rings is 2. The van der Waals surface area contributed by atoms with E-state index in [1.165, 1.54) is 6.07 Å². The van der Waals surface area contributed by atoms with E-state index in [-0.39, 0.29) is 21.6 Å². The number of rotatable bonds is 4. The van der Waals surface area contributed by atoms with Crippen molar-refractivity contribution in [3.63, 3.8) is 0 Å². The number of sulfonamides is 1. The molecule has 2 aromatic rings. The standard InChI is InChI=1S/C18H20ClN3O3S/c1-13-8-9-17(14(19)12-13)26(24,25)21-16-7-3-2-6-15(16)20-18(23)22-10-4-5-11-22/h2-3,6-9,12,21H,4-5,10-11H2,1H3,(H,20,23). The first-order valence-corrected chi connectivity index (χ1v) is 10.2. The zero-order chi connectivity index (χ0) is 18.7. The van der Waals surface area contributed by atoms with Crippen LogP contribution in [0.5, 0.6) is 0 Å². The molecule has 0 radical (unpaired) electrons. The Morgan fingerprint density at radius 1 is 1.08 bits per heavy atom. The number of carbonyl (C=O) groups excluding carboxylic acids is 1. The number of anilines is 2. The Labute approximate surface area is 158 Å². The Kier molecular flexibility index (Phi) is 5.38. The van der Waals surface area contributed by atoms with Crippen LogP contribution < -0.4 is 10.0 Å². The second-order valence-corrected chi connectivity index (χ2v) is 8.27.